The van der Waals surface area contributed by atoms with Crippen LogP contribution in [0.2, 0.25) is 0 Å². The predicted octanol–water partition coefficient (Wildman–Crippen LogP) is 4.23. The van der Waals surface area contributed by atoms with Gasteiger partial charge in [-0.2, -0.15) is 0 Å². The molecule has 0 spiro atoms. The number of amides is 1. The van der Waals surface area contributed by atoms with Crippen LogP contribution in [0, 0.1) is 11.3 Å². The van der Waals surface area contributed by atoms with Crippen LogP contribution in [-0.2, 0) is 11.8 Å². The summed E-state index contributed by atoms with van der Waals surface area (Å²) >= 11 is 0. The lowest BCUT2D eigenvalue weighted by molar-refractivity contribution is 0.0254. The van der Waals surface area contributed by atoms with Crippen molar-refractivity contribution >= 4 is 5.91 Å². The minimum absolute atomic E-state index is 0.0190. The summed E-state index contributed by atoms with van der Waals surface area (Å²) in [5.41, 5.74) is 10.5. The number of nitrogens with zero attached hydrogens (tertiary/aromatic N) is 1. The lowest BCUT2D eigenvalue weighted by Crippen LogP contribution is -2.53. The van der Waals surface area contributed by atoms with Crippen molar-refractivity contribution in [3.05, 3.63) is 52.7 Å². The Hall–Kier alpha value is -2.18. The number of aromatic nitrogens is 1. The molecule has 4 rings (SSSR count). The van der Waals surface area contributed by atoms with Gasteiger partial charge in [-0.25, -0.2) is 4.98 Å². The van der Waals surface area contributed by atoms with Crippen molar-refractivity contribution in [1.29, 1.82) is 0 Å². The fraction of sp³-hybridized carbons (Fsp3) is 0.615. The number of rotatable bonds is 6. The predicted molar refractivity (Wildman–Crippen MR) is 125 cm³/mol. The smallest absolute Gasteiger partial charge is 0.273 e. The number of oxazole rings is 1. The lowest BCUT2D eigenvalue weighted by atomic mass is 9.49. The molecule has 6 heteroatoms. The molecule has 4 atom stereocenters. The molecular weight excluding hydrogens is 402 g/mol. The summed E-state index contributed by atoms with van der Waals surface area (Å²) in [5, 5.41) is 12.3. The van der Waals surface area contributed by atoms with E-state index in [1.807, 2.05) is 0 Å². The van der Waals surface area contributed by atoms with E-state index in [4.69, 9.17) is 15.3 Å². The number of aliphatic hydroxyl groups is 1. The first-order chi connectivity index (χ1) is 15.2. The first-order valence-corrected chi connectivity index (χ1v) is 11.9. The Morgan fingerprint density at radius 2 is 2.12 bits per heavy atom. The second kappa shape index (κ2) is 8.64. The molecule has 6 nitrogen and oxygen atoms in total. The zero-order valence-electron chi connectivity index (χ0n) is 19.8. The van der Waals surface area contributed by atoms with Crippen molar-refractivity contribution in [2.24, 2.45) is 17.1 Å². The molecule has 0 aliphatic heterocycles. The number of hydrogen-bond acceptors (Lipinski definition) is 5. The van der Waals surface area contributed by atoms with Crippen LogP contribution in [-0.4, -0.2) is 29.1 Å². The van der Waals surface area contributed by atoms with Crippen molar-refractivity contribution in [1.82, 2.24) is 10.3 Å². The van der Waals surface area contributed by atoms with E-state index in [0.717, 1.165) is 25.7 Å². The molecule has 0 bridgehead atoms. The van der Waals surface area contributed by atoms with Crippen LogP contribution in [0.25, 0.3) is 0 Å². The molecule has 32 heavy (non-hydrogen) atoms. The summed E-state index contributed by atoms with van der Waals surface area (Å²) < 4.78 is 5.27. The monoisotopic (exact) mass is 439 g/mol. The molecule has 1 aromatic heterocycles. The summed E-state index contributed by atoms with van der Waals surface area (Å²) in [5.74, 6) is 0.981. The van der Waals surface area contributed by atoms with Gasteiger partial charge in [0.25, 0.3) is 5.91 Å². The van der Waals surface area contributed by atoms with Crippen molar-refractivity contribution in [2.75, 3.05) is 13.2 Å². The molecule has 1 heterocycles. The first-order valence-electron chi connectivity index (χ1n) is 11.9. The van der Waals surface area contributed by atoms with Gasteiger partial charge in [-0.1, -0.05) is 52.3 Å². The number of carbonyl (C=O) groups excluding carboxylic acids is 1. The van der Waals surface area contributed by atoms with Crippen molar-refractivity contribution < 1.29 is 14.3 Å². The molecule has 1 fully saturated rings. The van der Waals surface area contributed by atoms with Crippen LogP contribution < -0.4 is 11.1 Å². The molecular formula is C26H37N3O3. The lowest BCUT2D eigenvalue weighted by Gasteiger charge is -2.55. The summed E-state index contributed by atoms with van der Waals surface area (Å²) in [6.45, 7) is 9.61. The van der Waals surface area contributed by atoms with Gasteiger partial charge >= 0.3 is 0 Å². The molecule has 4 unspecified atom stereocenters. The number of carbonyl (C=O) groups is 1. The molecule has 1 aromatic carbocycles. The number of nitrogens with two attached hydrogens (primary N) is 1. The maximum atomic E-state index is 12.8. The SMILES string of the molecule is CC(C)c1ccc2c(c1)CCC1C(C)(CNC(=O)c3coc(C(N)CO)n3)CCCC21C. The number of hydrogen-bond donors (Lipinski definition) is 3. The zero-order valence-corrected chi connectivity index (χ0v) is 19.8. The topological polar surface area (TPSA) is 101 Å². The number of aliphatic hydroxyl groups excluding tert-OH is 1. The van der Waals surface area contributed by atoms with Gasteiger partial charge in [0.05, 0.1) is 6.61 Å². The van der Waals surface area contributed by atoms with E-state index in [1.165, 1.54) is 29.4 Å². The third-order valence-electron chi connectivity index (χ3n) is 8.09. The third kappa shape index (κ3) is 3.99. The summed E-state index contributed by atoms with van der Waals surface area (Å²) in [4.78, 5) is 16.9. The second-order valence-corrected chi connectivity index (χ2v) is 10.6. The Labute approximate surface area is 191 Å². The molecule has 0 radical (unpaired) electrons. The Morgan fingerprint density at radius 3 is 2.84 bits per heavy atom. The standard InChI is InChI=1S/C26H37N3O3/c1-16(2)17-6-8-19-18(12-17)7-9-22-25(3,10-5-11-26(19,22)4)15-28-23(31)21-14-32-24(29-21)20(27)13-30/h6,8,12,14,16,20,22,30H,5,7,9-11,13,15,27H2,1-4H3,(H,28,31). The number of fused-ring (bicyclic) bond motifs is 3. The average molecular weight is 440 g/mol. The molecule has 2 aromatic rings. The van der Waals surface area contributed by atoms with Gasteiger partial charge in [-0.15, -0.1) is 0 Å². The fourth-order valence-corrected chi connectivity index (χ4v) is 6.23. The molecule has 2 aliphatic carbocycles. The van der Waals surface area contributed by atoms with Crippen LogP contribution in [0.5, 0.6) is 0 Å². The highest BCUT2D eigenvalue weighted by Crippen LogP contribution is 2.57. The summed E-state index contributed by atoms with van der Waals surface area (Å²) in [7, 11) is 0. The maximum Gasteiger partial charge on any atom is 0.273 e. The molecule has 2 aliphatic rings. The van der Waals surface area contributed by atoms with Crippen LogP contribution >= 0.6 is 0 Å². The fourth-order valence-electron chi connectivity index (χ4n) is 6.23. The van der Waals surface area contributed by atoms with Crippen LogP contribution in [0.1, 0.15) is 98.4 Å². The molecule has 0 saturated heterocycles. The largest absolute Gasteiger partial charge is 0.446 e. The summed E-state index contributed by atoms with van der Waals surface area (Å²) in [6, 6.07) is 6.40. The van der Waals surface area contributed by atoms with Gasteiger partial charge in [0.15, 0.2) is 5.69 Å². The van der Waals surface area contributed by atoms with E-state index in [1.54, 1.807) is 0 Å². The zero-order chi connectivity index (χ0) is 23.1. The highest BCUT2D eigenvalue weighted by atomic mass is 16.3. The number of benzene rings is 1. The van der Waals surface area contributed by atoms with Gasteiger partial charge in [0, 0.05) is 6.54 Å². The van der Waals surface area contributed by atoms with E-state index in [0.29, 0.717) is 18.4 Å². The van der Waals surface area contributed by atoms with Crippen molar-refractivity contribution in [2.45, 2.75) is 77.2 Å². The number of aryl methyl sites for hydroxylation is 1. The van der Waals surface area contributed by atoms with Gasteiger partial charge in [-0.3, -0.25) is 4.79 Å². The van der Waals surface area contributed by atoms with E-state index in [-0.39, 0.29) is 34.9 Å². The highest BCUT2D eigenvalue weighted by Gasteiger charge is 2.51. The van der Waals surface area contributed by atoms with Gasteiger partial charge in [-0.05, 0) is 65.0 Å². The second-order valence-electron chi connectivity index (χ2n) is 10.6. The minimum atomic E-state index is -0.716. The van der Waals surface area contributed by atoms with Crippen LogP contribution in [0.4, 0.5) is 0 Å². The Bertz CT molecular complexity index is 984. The summed E-state index contributed by atoms with van der Waals surface area (Å²) in [6.07, 6.45) is 7.02. The minimum Gasteiger partial charge on any atom is -0.446 e. The van der Waals surface area contributed by atoms with E-state index in [9.17, 15) is 4.79 Å². The molecule has 1 amide bonds. The first kappa shape index (κ1) is 23.0. The Balaban J connectivity index is 1.52. The van der Waals surface area contributed by atoms with Gasteiger partial charge in [0.1, 0.15) is 12.3 Å². The van der Waals surface area contributed by atoms with E-state index < -0.39 is 6.04 Å². The maximum absolute atomic E-state index is 12.8. The Morgan fingerprint density at radius 1 is 1.34 bits per heavy atom. The van der Waals surface area contributed by atoms with E-state index in [2.05, 4.69) is 56.2 Å². The van der Waals surface area contributed by atoms with Crippen LogP contribution in [0.15, 0.2) is 28.9 Å². The third-order valence-corrected chi connectivity index (χ3v) is 8.09. The average Bonchev–Trinajstić information content (AvgIpc) is 3.27. The van der Waals surface area contributed by atoms with Crippen LogP contribution in [0.3, 0.4) is 0 Å². The van der Waals surface area contributed by atoms with Crippen molar-refractivity contribution in [3.63, 3.8) is 0 Å². The van der Waals surface area contributed by atoms with Gasteiger partial charge < -0.3 is 20.6 Å². The Kier molecular flexibility index (Phi) is 6.21. The number of nitrogens with one attached hydrogen (secondary N) is 1. The normalized spacial score (nSPS) is 28.2. The molecule has 4 N–H and O–H groups in total. The molecule has 174 valence electrons. The van der Waals surface area contributed by atoms with Gasteiger partial charge in [0.2, 0.25) is 5.89 Å². The highest BCUT2D eigenvalue weighted by molar-refractivity contribution is 5.91. The quantitative estimate of drug-likeness (QED) is 0.625. The van der Waals surface area contributed by atoms with Crippen molar-refractivity contribution in [3.8, 4) is 0 Å². The molecule has 1 saturated carbocycles. The van der Waals surface area contributed by atoms with E-state index >= 15 is 0 Å².